The maximum atomic E-state index is 12.2. The maximum Gasteiger partial charge on any atom is 0.301 e. The normalized spacial score (nSPS) is 18.4. The molecule has 1 fully saturated rings. The van der Waals surface area contributed by atoms with Crippen molar-refractivity contribution in [2.24, 2.45) is 5.92 Å². The van der Waals surface area contributed by atoms with E-state index in [0.29, 0.717) is 24.6 Å². The average molecular weight is 284 g/mol. The molecule has 106 valence electrons. The van der Waals surface area contributed by atoms with Crippen LogP contribution in [0.3, 0.4) is 0 Å². The zero-order valence-electron chi connectivity index (χ0n) is 11.3. The largest absolute Gasteiger partial charge is 0.505 e. The van der Waals surface area contributed by atoms with Gasteiger partial charge in [0.05, 0.1) is 5.69 Å². The van der Waals surface area contributed by atoms with Crippen LogP contribution in [0.15, 0.2) is 18.2 Å². The van der Waals surface area contributed by atoms with E-state index in [9.17, 15) is 13.5 Å². The van der Waals surface area contributed by atoms with Crippen molar-refractivity contribution in [1.29, 1.82) is 0 Å². The standard InChI is InChI=1S/C13H20N2O3S/c1-10-6-8-15(9-7-10)19(17,18)14-12-5-3-4-11(2)13(12)16/h3-5,10,14,16H,6-9H2,1-2H3. The van der Waals surface area contributed by atoms with Crippen LogP contribution in [0, 0.1) is 12.8 Å². The van der Waals surface area contributed by atoms with Gasteiger partial charge in [0.2, 0.25) is 0 Å². The van der Waals surface area contributed by atoms with Crippen molar-refractivity contribution in [2.75, 3.05) is 17.8 Å². The quantitative estimate of drug-likeness (QED) is 0.835. The second-order valence-corrected chi connectivity index (χ2v) is 6.83. The Morgan fingerprint density at radius 1 is 1.32 bits per heavy atom. The molecule has 0 bridgehead atoms. The lowest BCUT2D eigenvalue weighted by Gasteiger charge is -2.29. The van der Waals surface area contributed by atoms with Crippen LogP contribution < -0.4 is 4.72 Å². The molecule has 1 heterocycles. The second kappa shape index (κ2) is 5.38. The van der Waals surface area contributed by atoms with E-state index in [1.54, 1.807) is 25.1 Å². The van der Waals surface area contributed by atoms with Crippen LogP contribution in [-0.2, 0) is 10.2 Å². The van der Waals surface area contributed by atoms with E-state index < -0.39 is 10.2 Å². The number of nitrogens with zero attached hydrogens (tertiary/aromatic N) is 1. The van der Waals surface area contributed by atoms with Gasteiger partial charge >= 0.3 is 10.2 Å². The molecule has 6 heteroatoms. The Morgan fingerprint density at radius 3 is 2.58 bits per heavy atom. The predicted molar refractivity (Wildman–Crippen MR) is 75.4 cm³/mol. The molecular formula is C13H20N2O3S. The summed E-state index contributed by atoms with van der Waals surface area (Å²) < 4.78 is 28.4. The summed E-state index contributed by atoms with van der Waals surface area (Å²) in [6.07, 6.45) is 1.75. The number of phenolic OH excluding ortho intramolecular Hbond substituents is 1. The van der Waals surface area contributed by atoms with Crippen molar-refractivity contribution in [3.8, 4) is 5.75 Å². The predicted octanol–water partition coefficient (Wildman–Crippen LogP) is 2.09. The average Bonchev–Trinajstić information content (AvgIpc) is 2.35. The molecule has 0 atom stereocenters. The van der Waals surface area contributed by atoms with Gasteiger partial charge in [-0.1, -0.05) is 19.1 Å². The number of phenols is 1. The molecule has 19 heavy (non-hydrogen) atoms. The molecule has 5 nitrogen and oxygen atoms in total. The molecule has 0 spiro atoms. The summed E-state index contributed by atoms with van der Waals surface area (Å²) in [6, 6.07) is 5.01. The third-order valence-electron chi connectivity index (χ3n) is 3.56. The highest BCUT2D eigenvalue weighted by molar-refractivity contribution is 7.90. The minimum Gasteiger partial charge on any atom is -0.505 e. The number of hydrogen-bond donors (Lipinski definition) is 2. The molecule has 2 N–H and O–H groups in total. The highest BCUT2D eigenvalue weighted by atomic mass is 32.2. The van der Waals surface area contributed by atoms with Crippen LogP contribution in [0.25, 0.3) is 0 Å². The Hall–Kier alpha value is -1.27. The van der Waals surface area contributed by atoms with Gasteiger partial charge in [0.1, 0.15) is 5.75 Å². The maximum absolute atomic E-state index is 12.2. The molecule has 0 saturated carbocycles. The van der Waals surface area contributed by atoms with E-state index in [1.807, 2.05) is 0 Å². The van der Waals surface area contributed by atoms with Gasteiger partial charge in [-0.3, -0.25) is 4.72 Å². The van der Waals surface area contributed by atoms with Crippen LogP contribution in [0.4, 0.5) is 5.69 Å². The molecule has 0 unspecified atom stereocenters. The molecule has 0 aliphatic carbocycles. The first-order valence-electron chi connectivity index (χ1n) is 6.46. The second-order valence-electron chi connectivity index (χ2n) is 5.16. The fourth-order valence-electron chi connectivity index (χ4n) is 2.17. The van der Waals surface area contributed by atoms with Crippen molar-refractivity contribution in [2.45, 2.75) is 26.7 Å². The highest BCUT2D eigenvalue weighted by Gasteiger charge is 2.27. The number of benzene rings is 1. The summed E-state index contributed by atoms with van der Waals surface area (Å²) in [5.74, 6) is 0.551. The van der Waals surface area contributed by atoms with Gasteiger partial charge in [0.25, 0.3) is 0 Å². The van der Waals surface area contributed by atoms with Crippen molar-refractivity contribution in [3.63, 3.8) is 0 Å². The van der Waals surface area contributed by atoms with Gasteiger partial charge in [0, 0.05) is 13.1 Å². The van der Waals surface area contributed by atoms with Crippen molar-refractivity contribution < 1.29 is 13.5 Å². The molecule has 1 saturated heterocycles. The molecule has 1 aliphatic heterocycles. The van der Waals surface area contributed by atoms with E-state index in [2.05, 4.69) is 11.6 Å². The fourth-order valence-corrected chi connectivity index (χ4v) is 3.43. The van der Waals surface area contributed by atoms with Gasteiger partial charge in [0.15, 0.2) is 0 Å². The Bertz CT molecular complexity index is 549. The van der Waals surface area contributed by atoms with Crippen LogP contribution in [-0.4, -0.2) is 30.9 Å². The van der Waals surface area contributed by atoms with Gasteiger partial charge in [-0.2, -0.15) is 12.7 Å². The van der Waals surface area contributed by atoms with Crippen molar-refractivity contribution >= 4 is 15.9 Å². The van der Waals surface area contributed by atoms with Crippen LogP contribution in [0.1, 0.15) is 25.3 Å². The molecule has 1 aliphatic rings. The number of piperidine rings is 1. The third kappa shape index (κ3) is 3.19. The molecule has 0 amide bonds. The molecular weight excluding hydrogens is 264 g/mol. The van der Waals surface area contributed by atoms with E-state index >= 15 is 0 Å². The number of para-hydroxylation sites is 1. The van der Waals surface area contributed by atoms with E-state index in [-0.39, 0.29) is 11.4 Å². The van der Waals surface area contributed by atoms with E-state index in [4.69, 9.17) is 0 Å². The van der Waals surface area contributed by atoms with Crippen LogP contribution in [0.5, 0.6) is 5.75 Å². The third-order valence-corrected chi connectivity index (χ3v) is 5.08. The van der Waals surface area contributed by atoms with Crippen LogP contribution in [0.2, 0.25) is 0 Å². The first-order chi connectivity index (χ1) is 8.90. The minimum atomic E-state index is -3.58. The lowest BCUT2D eigenvalue weighted by Crippen LogP contribution is -2.41. The van der Waals surface area contributed by atoms with Gasteiger partial charge in [-0.05, 0) is 37.3 Å². The number of aryl methyl sites for hydroxylation is 1. The molecule has 0 radical (unpaired) electrons. The topological polar surface area (TPSA) is 69.6 Å². The first-order valence-corrected chi connectivity index (χ1v) is 7.90. The monoisotopic (exact) mass is 284 g/mol. The summed E-state index contributed by atoms with van der Waals surface area (Å²) in [4.78, 5) is 0. The SMILES string of the molecule is Cc1cccc(NS(=O)(=O)N2CCC(C)CC2)c1O. The lowest BCUT2D eigenvalue weighted by atomic mass is 10.0. The number of hydrogen-bond acceptors (Lipinski definition) is 3. The Balaban J connectivity index is 2.15. The Morgan fingerprint density at radius 2 is 1.95 bits per heavy atom. The van der Waals surface area contributed by atoms with E-state index in [0.717, 1.165) is 12.8 Å². The zero-order valence-corrected chi connectivity index (χ0v) is 12.1. The van der Waals surface area contributed by atoms with Gasteiger partial charge in [-0.15, -0.1) is 0 Å². The molecule has 1 aromatic carbocycles. The summed E-state index contributed by atoms with van der Waals surface area (Å²) in [6.45, 7) is 4.92. The summed E-state index contributed by atoms with van der Waals surface area (Å²) in [7, 11) is -3.58. The smallest absolute Gasteiger partial charge is 0.301 e. The van der Waals surface area contributed by atoms with Gasteiger partial charge in [-0.25, -0.2) is 0 Å². The summed E-state index contributed by atoms with van der Waals surface area (Å²) in [5.41, 5.74) is 0.881. The van der Waals surface area contributed by atoms with Gasteiger partial charge < -0.3 is 5.11 Å². The molecule has 2 rings (SSSR count). The van der Waals surface area contributed by atoms with E-state index in [1.165, 1.54) is 4.31 Å². The number of rotatable bonds is 3. The number of anilines is 1. The number of aromatic hydroxyl groups is 1. The minimum absolute atomic E-state index is 0.0172. The first kappa shape index (κ1) is 14.1. The summed E-state index contributed by atoms with van der Waals surface area (Å²) >= 11 is 0. The molecule has 1 aromatic rings. The lowest BCUT2D eigenvalue weighted by molar-refractivity contribution is 0.289. The Kier molecular flexibility index (Phi) is 4.01. The zero-order chi connectivity index (χ0) is 14.0. The number of nitrogens with one attached hydrogen (secondary N) is 1. The fraction of sp³-hybridized carbons (Fsp3) is 0.538. The van der Waals surface area contributed by atoms with Crippen molar-refractivity contribution in [3.05, 3.63) is 23.8 Å². The molecule has 0 aromatic heterocycles. The van der Waals surface area contributed by atoms with Crippen LogP contribution >= 0.6 is 0 Å². The van der Waals surface area contributed by atoms with Crippen molar-refractivity contribution in [1.82, 2.24) is 4.31 Å². The Labute approximate surface area is 114 Å². The highest BCUT2D eigenvalue weighted by Crippen LogP contribution is 2.28. The summed E-state index contributed by atoms with van der Waals surface area (Å²) in [5, 5.41) is 9.86.